The number of primary amides is 1. The molecule has 2 amide bonds. The fourth-order valence-corrected chi connectivity index (χ4v) is 4.24. The number of anilines is 3. The fraction of sp³-hybridized carbons (Fsp3) is 0.250. The van der Waals surface area contributed by atoms with Gasteiger partial charge in [0.15, 0.2) is 5.75 Å². The molecule has 0 spiro atoms. The molecule has 11 nitrogen and oxygen atoms in total. The summed E-state index contributed by atoms with van der Waals surface area (Å²) in [6.45, 7) is 1.58. The van der Waals surface area contributed by atoms with Crippen molar-refractivity contribution in [2.75, 3.05) is 30.0 Å². The summed E-state index contributed by atoms with van der Waals surface area (Å²) in [6.07, 6.45) is 3.99. The number of rotatable bonds is 9. The van der Waals surface area contributed by atoms with Gasteiger partial charge in [0.05, 0.1) is 17.4 Å². The summed E-state index contributed by atoms with van der Waals surface area (Å²) in [5.74, 6) is -0.681. The molecule has 36 heavy (non-hydrogen) atoms. The molecule has 0 unspecified atom stereocenters. The maximum Gasteiger partial charge on any atom is 0.306 e. The second-order valence-corrected chi connectivity index (χ2v) is 9.86. The number of likely N-dealkylation sites (tertiary alicyclic amines) is 1. The van der Waals surface area contributed by atoms with Gasteiger partial charge >= 0.3 is 10.1 Å². The second kappa shape index (κ2) is 10.6. The molecular formula is C24H26N6O5S. The lowest BCUT2D eigenvalue weighted by Crippen LogP contribution is -2.28. The number of hydrogen-bond donors (Lipinski definition) is 3. The summed E-state index contributed by atoms with van der Waals surface area (Å²) in [5, 5.41) is 6.09. The van der Waals surface area contributed by atoms with Crippen molar-refractivity contribution in [3.8, 4) is 5.75 Å². The highest BCUT2D eigenvalue weighted by Gasteiger charge is 2.24. The predicted molar refractivity (Wildman–Crippen MR) is 135 cm³/mol. The lowest BCUT2D eigenvalue weighted by atomic mass is 10.1. The Balaban J connectivity index is 1.61. The largest absolute Gasteiger partial charge is 0.382 e. The fourth-order valence-electron chi connectivity index (χ4n) is 3.77. The van der Waals surface area contributed by atoms with Crippen molar-refractivity contribution in [3.63, 3.8) is 0 Å². The molecule has 1 saturated heterocycles. The number of carbonyl (C=O) groups is 2. The quantitative estimate of drug-likeness (QED) is 0.368. The lowest BCUT2D eigenvalue weighted by molar-refractivity contribution is 0.0791. The third kappa shape index (κ3) is 6.27. The Morgan fingerprint density at radius 2 is 1.81 bits per heavy atom. The Labute approximate surface area is 208 Å². The van der Waals surface area contributed by atoms with E-state index in [9.17, 15) is 18.0 Å². The Hall–Kier alpha value is -4.19. The molecule has 1 aliphatic heterocycles. The molecule has 4 rings (SSSR count). The Morgan fingerprint density at radius 1 is 1.08 bits per heavy atom. The topological polar surface area (TPSA) is 157 Å². The number of aromatic nitrogens is 2. The van der Waals surface area contributed by atoms with E-state index in [1.54, 1.807) is 11.0 Å². The summed E-state index contributed by atoms with van der Waals surface area (Å²) in [6, 6.07) is 14.0. The van der Waals surface area contributed by atoms with Crippen molar-refractivity contribution in [3.05, 3.63) is 71.4 Å². The zero-order valence-electron chi connectivity index (χ0n) is 19.6. The number of carbonyl (C=O) groups excluding carboxylic acids is 2. The van der Waals surface area contributed by atoms with E-state index < -0.39 is 16.0 Å². The van der Waals surface area contributed by atoms with Crippen molar-refractivity contribution in [1.29, 1.82) is 0 Å². The van der Waals surface area contributed by atoms with Crippen LogP contribution in [0, 0.1) is 0 Å². The molecule has 188 valence electrons. The first-order chi connectivity index (χ1) is 17.2. The number of benzene rings is 2. The van der Waals surface area contributed by atoms with Crippen LogP contribution in [0.4, 0.5) is 17.5 Å². The van der Waals surface area contributed by atoms with Crippen molar-refractivity contribution >= 4 is 39.4 Å². The van der Waals surface area contributed by atoms with E-state index in [0.717, 1.165) is 24.7 Å². The molecule has 0 radical (unpaired) electrons. The molecule has 1 aromatic heterocycles. The Morgan fingerprint density at radius 3 is 2.47 bits per heavy atom. The maximum atomic E-state index is 13.1. The molecule has 1 aliphatic rings. The van der Waals surface area contributed by atoms with Crippen LogP contribution in [0.5, 0.6) is 5.75 Å². The average Bonchev–Trinajstić information content (AvgIpc) is 3.38. The highest BCUT2D eigenvalue weighted by atomic mass is 32.2. The molecule has 0 aliphatic carbocycles. The molecule has 2 aromatic carbocycles. The molecule has 0 saturated carbocycles. The van der Waals surface area contributed by atoms with Gasteiger partial charge in [0.1, 0.15) is 5.82 Å². The number of amides is 2. The van der Waals surface area contributed by atoms with E-state index in [2.05, 4.69) is 20.6 Å². The molecule has 0 bridgehead atoms. The van der Waals surface area contributed by atoms with E-state index in [0.29, 0.717) is 25.3 Å². The molecule has 0 atom stereocenters. The number of nitrogens with one attached hydrogen (secondary N) is 2. The monoisotopic (exact) mass is 510 g/mol. The minimum atomic E-state index is -3.84. The van der Waals surface area contributed by atoms with Gasteiger partial charge in [0, 0.05) is 31.5 Å². The van der Waals surface area contributed by atoms with Crippen LogP contribution in [0.15, 0.2) is 54.7 Å². The van der Waals surface area contributed by atoms with Crippen molar-refractivity contribution in [2.45, 2.75) is 19.4 Å². The smallest absolute Gasteiger partial charge is 0.306 e. The number of hydrogen-bond acceptors (Lipinski definition) is 9. The second-order valence-electron chi connectivity index (χ2n) is 8.28. The minimum Gasteiger partial charge on any atom is -0.382 e. The van der Waals surface area contributed by atoms with E-state index in [1.165, 1.54) is 18.3 Å². The third-order valence-electron chi connectivity index (χ3n) is 5.46. The van der Waals surface area contributed by atoms with Gasteiger partial charge < -0.3 is 25.5 Å². The lowest BCUT2D eigenvalue weighted by Gasteiger charge is -2.18. The number of nitrogens with zero attached hydrogens (tertiary/aromatic N) is 3. The minimum absolute atomic E-state index is 0.0600. The van der Waals surface area contributed by atoms with Crippen molar-refractivity contribution < 1.29 is 22.2 Å². The van der Waals surface area contributed by atoms with Gasteiger partial charge in [-0.05, 0) is 36.6 Å². The zero-order chi connectivity index (χ0) is 25.7. The van der Waals surface area contributed by atoms with E-state index in [-0.39, 0.29) is 34.5 Å². The summed E-state index contributed by atoms with van der Waals surface area (Å²) in [7, 11) is -3.84. The third-order valence-corrected chi connectivity index (χ3v) is 5.94. The Kier molecular flexibility index (Phi) is 7.34. The van der Waals surface area contributed by atoms with Crippen LogP contribution >= 0.6 is 0 Å². The van der Waals surface area contributed by atoms with Gasteiger partial charge in [-0.15, -0.1) is 0 Å². The van der Waals surface area contributed by atoms with Crippen LogP contribution in [-0.4, -0.2) is 54.4 Å². The van der Waals surface area contributed by atoms with Crippen LogP contribution < -0.4 is 20.6 Å². The highest BCUT2D eigenvalue weighted by molar-refractivity contribution is 7.86. The first kappa shape index (κ1) is 24.9. The SMILES string of the molecule is CS(=O)(=O)Oc1ccc(Nc2ncc(C(N)=O)c(NCc3ccccc3)n2)cc1C(=O)N1CCCC1. The summed E-state index contributed by atoms with van der Waals surface area (Å²) < 4.78 is 28.5. The summed E-state index contributed by atoms with van der Waals surface area (Å²) >= 11 is 0. The molecule has 4 N–H and O–H groups in total. The van der Waals surface area contributed by atoms with Crippen LogP contribution in [0.1, 0.15) is 39.1 Å². The maximum absolute atomic E-state index is 13.1. The van der Waals surface area contributed by atoms with Crippen LogP contribution in [0.3, 0.4) is 0 Å². The first-order valence-corrected chi connectivity index (χ1v) is 13.1. The van der Waals surface area contributed by atoms with Gasteiger partial charge in [0.2, 0.25) is 5.95 Å². The molecule has 12 heteroatoms. The molecule has 1 fully saturated rings. The van der Waals surface area contributed by atoms with Gasteiger partial charge in [-0.2, -0.15) is 13.4 Å². The average molecular weight is 511 g/mol. The first-order valence-electron chi connectivity index (χ1n) is 11.2. The zero-order valence-corrected chi connectivity index (χ0v) is 20.4. The van der Waals surface area contributed by atoms with E-state index >= 15 is 0 Å². The molecular weight excluding hydrogens is 484 g/mol. The summed E-state index contributed by atoms with van der Waals surface area (Å²) in [4.78, 5) is 35.2. The molecule has 2 heterocycles. The van der Waals surface area contributed by atoms with Gasteiger partial charge in [-0.3, -0.25) is 9.59 Å². The predicted octanol–water partition coefficient (Wildman–Crippen LogP) is 2.51. The van der Waals surface area contributed by atoms with E-state index in [4.69, 9.17) is 9.92 Å². The summed E-state index contributed by atoms with van der Waals surface area (Å²) in [5.41, 5.74) is 7.11. The standard InChI is InChI=1S/C24H26N6O5S/c1-36(33,34)35-20-10-9-17(13-18(20)23(32)30-11-5-6-12-30)28-24-27-15-19(21(25)31)22(29-24)26-14-16-7-3-2-4-8-16/h2-4,7-10,13,15H,5-6,11-12,14H2,1H3,(H2,25,31)(H2,26,27,28,29). The van der Waals surface area contributed by atoms with Crippen LogP contribution in [-0.2, 0) is 16.7 Å². The Bertz CT molecular complexity index is 1370. The van der Waals surface area contributed by atoms with Crippen molar-refractivity contribution in [1.82, 2.24) is 14.9 Å². The van der Waals surface area contributed by atoms with E-state index in [1.807, 2.05) is 30.3 Å². The van der Waals surface area contributed by atoms with Crippen molar-refractivity contribution in [2.24, 2.45) is 5.73 Å². The van der Waals surface area contributed by atoms with Gasteiger partial charge in [-0.1, -0.05) is 30.3 Å². The number of nitrogens with two attached hydrogens (primary N) is 1. The van der Waals surface area contributed by atoms with Gasteiger partial charge in [-0.25, -0.2) is 4.98 Å². The normalized spacial score (nSPS) is 13.3. The molecule has 3 aromatic rings. The highest BCUT2D eigenvalue weighted by Crippen LogP contribution is 2.28. The van der Waals surface area contributed by atoms with Gasteiger partial charge in [0.25, 0.3) is 11.8 Å². The van der Waals surface area contributed by atoms with Crippen LogP contribution in [0.25, 0.3) is 0 Å². The van der Waals surface area contributed by atoms with Crippen LogP contribution in [0.2, 0.25) is 0 Å².